The van der Waals surface area contributed by atoms with Gasteiger partial charge in [-0.15, -0.1) is 0 Å². The number of carboxylic acid groups (broad SMARTS) is 1. The van der Waals surface area contributed by atoms with E-state index in [-0.39, 0.29) is 5.69 Å². The SMILES string of the molecule is CCC(c1ccc([N+](=O)[O-])cc1)C(NC(=O)c1cccc2ccccc12)C(=O)O. The minimum Gasteiger partial charge on any atom is -0.480 e. The van der Waals surface area contributed by atoms with Crippen LogP contribution in [0.2, 0.25) is 0 Å². The fourth-order valence-corrected chi connectivity index (χ4v) is 3.48. The third-order valence-corrected chi connectivity index (χ3v) is 4.96. The molecule has 0 fully saturated rings. The topological polar surface area (TPSA) is 110 Å². The number of nitrogens with one attached hydrogen (secondary N) is 1. The number of hydrogen-bond donors (Lipinski definition) is 2. The fraction of sp³-hybridized carbons (Fsp3) is 0.182. The van der Waals surface area contributed by atoms with Gasteiger partial charge in [0.1, 0.15) is 6.04 Å². The molecule has 0 heterocycles. The van der Waals surface area contributed by atoms with Crippen molar-refractivity contribution < 1.29 is 19.6 Å². The highest BCUT2D eigenvalue weighted by Crippen LogP contribution is 2.27. The molecule has 7 nitrogen and oxygen atoms in total. The van der Waals surface area contributed by atoms with Crippen LogP contribution in [-0.4, -0.2) is 27.9 Å². The van der Waals surface area contributed by atoms with Gasteiger partial charge in [-0.3, -0.25) is 14.9 Å². The van der Waals surface area contributed by atoms with Crippen molar-refractivity contribution in [2.45, 2.75) is 25.3 Å². The lowest BCUT2D eigenvalue weighted by Gasteiger charge is -2.24. The van der Waals surface area contributed by atoms with Crippen molar-refractivity contribution in [3.05, 3.63) is 88.0 Å². The van der Waals surface area contributed by atoms with Crippen LogP contribution >= 0.6 is 0 Å². The number of amides is 1. The predicted molar refractivity (Wildman–Crippen MR) is 109 cm³/mol. The summed E-state index contributed by atoms with van der Waals surface area (Å²) in [7, 11) is 0. The van der Waals surface area contributed by atoms with Crippen molar-refractivity contribution in [3.63, 3.8) is 0 Å². The first-order valence-corrected chi connectivity index (χ1v) is 9.18. The molecule has 1 amide bonds. The van der Waals surface area contributed by atoms with Crippen LogP contribution in [0.5, 0.6) is 0 Å². The number of nitro groups is 1. The first-order chi connectivity index (χ1) is 13.9. The fourth-order valence-electron chi connectivity index (χ4n) is 3.48. The number of benzene rings is 3. The molecule has 0 radical (unpaired) electrons. The van der Waals surface area contributed by atoms with E-state index in [1.165, 1.54) is 24.3 Å². The first kappa shape index (κ1) is 20.0. The van der Waals surface area contributed by atoms with E-state index >= 15 is 0 Å². The molecule has 0 spiro atoms. The second kappa shape index (κ2) is 8.52. The maximum atomic E-state index is 12.9. The lowest BCUT2D eigenvalue weighted by Crippen LogP contribution is -2.45. The zero-order valence-corrected chi connectivity index (χ0v) is 15.7. The zero-order chi connectivity index (χ0) is 21.0. The molecule has 0 aromatic heterocycles. The number of nitro benzene ring substituents is 1. The lowest BCUT2D eigenvalue weighted by molar-refractivity contribution is -0.384. The minimum atomic E-state index is -1.17. The maximum Gasteiger partial charge on any atom is 0.326 e. The Bertz CT molecular complexity index is 1060. The summed E-state index contributed by atoms with van der Waals surface area (Å²) in [6, 6.07) is 17.2. The van der Waals surface area contributed by atoms with Crippen molar-refractivity contribution in [1.29, 1.82) is 0 Å². The first-order valence-electron chi connectivity index (χ1n) is 9.18. The number of non-ortho nitro benzene ring substituents is 1. The van der Waals surface area contributed by atoms with Gasteiger partial charge in [0, 0.05) is 23.6 Å². The number of carbonyl (C=O) groups is 2. The zero-order valence-electron chi connectivity index (χ0n) is 15.7. The molecule has 3 rings (SSSR count). The van der Waals surface area contributed by atoms with Crippen LogP contribution in [0, 0.1) is 10.1 Å². The summed E-state index contributed by atoms with van der Waals surface area (Å²) in [4.78, 5) is 35.2. The quantitative estimate of drug-likeness (QED) is 0.464. The normalized spacial score (nSPS) is 12.9. The number of aliphatic carboxylic acids is 1. The van der Waals surface area contributed by atoms with Gasteiger partial charge in [-0.1, -0.05) is 55.5 Å². The lowest BCUT2D eigenvalue weighted by atomic mass is 9.88. The molecular formula is C22H20N2O5. The molecule has 0 saturated heterocycles. The van der Waals surface area contributed by atoms with Gasteiger partial charge in [0.2, 0.25) is 0 Å². The molecule has 2 unspecified atom stereocenters. The molecule has 0 aliphatic carbocycles. The van der Waals surface area contributed by atoms with Crippen molar-refractivity contribution in [2.24, 2.45) is 0 Å². The van der Waals surface area contributed by atoms with Crippen molar-refractivity contribution in [2.75, 3.05) is 0 Å². The van der Waals surface area contributed by atoms with Crippen LogP contribution in [0.15, 0.2) is 66.7 Å². The number of carbonyl (C=O) groups excluding carboxylic acids is 1. The summed E-state index contributed by atoms with van der Waals surface area (Å²) in [5.74, 6) is -2.18. The molecule has 148 valence electrons. The van der Waals surface area contributed by atoms with Gasteiger partial charge in [-0.2, -0.15) is 0 Å². The number of rotatable bonds is 7. The number of hydrogen-bond acceptors (Lipinski definition) is 4. The molecule has 3 aromatic rings. The Labute approximate surface area is 167 Å². The van der Waals surface area contributed by atoms with E-state index in [4.69, 9.17) is 0 Å². The van der Waals surface area contributed by atoms with Crippen molar-refractivity contribution in [3.8, 4) is 0 Å². The van der Waals surface area contributed by atoms with E-state index in [1.807, 2.05) is 37.3 Å². The average Bonchev–Trinajstić information content (AvgIpc) is 2.73. The molecule has 7 heteroatoms. The van der Waals surface area contributed by atoms with E-state index in [0.29, 0.717) is 17.5 Å². The third-order valence-electron chi connectivity index (χ3n) is 4.96. The number of carboxylic acids is 1. The Morgan fingerprint density at radius 2 is 1.69 bits per heavy atom. The Balaban J connectivity index is 1.91. The van der Waals surface area contributed by atoms with Crippen LogP contribution in [0.3, 0.4) is 0 Å². The van der Waals surface area contributed by atoms with Gasteiger partial charge < -0.3 is 10.4 Å². The Kier molecular flexibility index (Phi) is 5.87. The highest BCUT2D eigenvalue weighted by Gasteiger charge is 2.30. The van der Waals surface area contributed by atoms with Gasteiger partial charge in [0.15, 0.2) is 0 Å². The summed E-state index contributed by atoms with van der Waals surface area (Å²) < 4.78 is 0. The van der Waals surface area contributed by atoms with Crippen LogP contribution in [0.1, 0.15) is 35.2 Å². The molecule has 2 N–H and O–H groups in total. The third kappa shape index (κ3) is 4.24. The molecule has 0 bridgehead atoms. The van der Waals surface area contributed by atoms with E-state index in [0.717, 1.165) is 10.8 Å². The van der Waals surface area contributed by atoms with Gasteiger partial charge in [0.25, 0.3) is 11.6 Å². The predicted octanol–water partition coefficient (Wildman–Crippen LogP) is 4.12. The number of nitrogens with zero attached hydrogens (tertiary/aromatic N) is 1. The molecule has 0 aliphatic heterocycles. The summed E-state index contributed by atoms with van der Waals surface area (Å²) in [6.07, 6.45) is 0.435. The van der Waals surface area contributed by atoms with Crippen molar-refractivity contribution >= 4 is 28.3 Å². The summed E-state index contributed by atoms with van der Waals surface area (Å²) in [5, 5.41) is 24.9. The van der Waals surface area contributed by atoms with E-state index in [2.05, 4.69) is 5.32 Å². The van der Waals surface area contributed by atoms with Crippen LogP contribution in [0.4, 0.5) is 5.69 Å². The van der Waals surface area contributed by atoms with Crippen LogP contribution in [0.25, 0.3) is 10.8 Å². The standard InChI is InChI=1S/C22H20N2O5/c1-2-17(15-10-12-16(13-11-15)24(28)29)20(22(26)27)23-21(25)19-9-5-7-14-6-3-4-8-18(14)19/h3-13,17,20H,2H2,1H3,(H,23,25)(H,26,27). The molecular weight excluding hydrogens is 372 g/mol. The largest absolute Gasteiger partial charge is 0.480 e. The van der Waals surface area contributed by atoms with Crippen molar-refractivity contribution in [1.82, 2.24) is 5.32 Å². The monoisotopic (exact) mass is 392 g/mol. The van der Waals surface area contributed by atoms with Gasteiger partial charge in [-0.05, 0) is 28.8 Å². The second-order valence-electron chi connectivity index (χ2n) is 6.68. The minimum absolute atomic E-state index is 0.0738. The molecule has 29 heavy (non-hydrogen) atoms. The highest BCUT2D eigenvalue weighted by molar-refractivity contribution is 6.08. The van der Waals surface area contributed by atoms with E-state index in [9.17, 15) is 24.8 Å². The summed E-state index contributed by atoms with van der Waals surface area (Å²) in [6.45, 7) is 1.81. The Hall–Kier alpha value is -3.74. The summed E-state index contributed by atoms with van der Waals surface area (Å²) in [5.41, 5.74) is 0.937. The van der Waals surface area contributed by atoms with Crippen LogP contribution < -0.4 is 5.32 Å². The number of fused-ring (bicyclic) bond motifs is 1. The van der Waals surface area contributed by atoms with Gasteiger partial charge in [0.05, 0.1) is 4.92 Å². The van der Waals surface area contributed by atoms with Gasteiger partial charge >= 0.3 is 5.97 Å². The molecule has 3 aromatic carbocycles. The molecule has 2 atom stereocenters. The molecule has 0 saturated carbocycles. The summed E-state index contributed by atoms with van der Waals surface area (Å²) >= 11 is 0. The Morgan fingerprint density at radius 3 is 2.31 bits per heavy atom. The van der Waals surface area contributed by atoms with Crippen LogP contribution in [-0.2, 0) is 4.79 Å². The second-order valence-corrected chi connectivity index (χ2v) is 6.68. The smallest absolute Gasteiger partial charge is 0.326 e. The highest BCUT2D eigenvalue weighted by atomic mass is 16.6. The maximum absolute atomic E-state index is 12.9. The average molecular weight is 392 g/mol. The van der Waals surface area contributed by atoms with Gasteiger partial charge in [-0.25, -0.2) is 4.79 Å². The van der Waals surface area contributed by atoms with E-state index < -0.39 is 28.8 Å². The molecule has 0 aliphatic rings. The van der Waals surface area contributed by atoms with E-state index in [1.54, 1.807) is 12.1 Å². The Morgan fingerprint density at radius 1 is 1.03 bits per heavy atom.